The van der Waals surface area contributed by atoms with Crippen molar-refractivity contribution >= 4 is 5.91 Å². The van der Waals surface area contributed by atoms with Gasteiger partial charge in [0.15, 0.2) is 5.60 Å². The van der Waals surface area contributed by atoms with Gasteiger partial charge in [-0.2, -0.15) is 0 Å². The van der Waals surface area contributed by atoms with Gasteiger partial charge in [0.25, 0.3) is 5.91 Å². The highest BCUT2D eigenvalue weighted by molar-refractivity contribution is 5.94. The van der Waals surface area contributed by atoms with Gasteiger partial charge in [-0.05, 0) is 68.3 Å². The first-order valence-corrected chi connectivity index (χ1v) is 10.9. The van der Waals surface area contributed by atoms with Gasteiger partial charge >= 0.3 is 0 Å². The lowest BCUT2D eigenvalue weighted by molar-refractivity contribution is -0.00932. The Bertz CT molecular complexity index is 1150. The number of piperidine rings is 1. The normalized spacial score (nSPS) is 17.1. The van der Waals surface area contributed by atoms with Crippen molar-refractivity contribution in [1.82, 2.24) is 9.47 Å². The molecule has 0 saturated carbocycles. The molecule has 3 aromatic rings. The third-order valence-electron chi connectivity index (χ3n) is 6.64. The van der Waals surface area contributed by atoms with Crippen LogP contribution in [0.4, 0.5) is 0 Å². The summed E-state index contributed by atoms with van der Waals surface area (Å²) in [6, 6.07) is 17.9. The number of carbonyl (C=O) groups is 1. The van der Waals surface area contributed by atoms with E-state index < -0.39 is 11.2 Å². The van der Waals surface area contributed by atoms with Crippen molar-refractivity contribution in [1.29, 1.82) is 0 Å². The molecule has 1 amide bonds. The molecule has 0 unspecified atom stereocenters. The van der Waals surface area contributed by atoms with Gasteiger partial charge in [-0.15, -0.1) is 0 Å². The number of hydrogen-bond donors (Lipinski definition) is 1. The summed E-state index contributed by atoms with van der Waals surface area (Å²) < 4.78 is 8.78. The SMILES string of the molecule is Cc1cc(C(=O)N2CCC3(CC2)Oc2ccccc2-n2cccc23)ccc1C(C)(C)O.[HH]. The van der Waals surface area contributed by atoms with Crippen molar-refractivity contribution in [2.45, 2.75) is 44.8 Å². The second-order valence-electron chi connectivity index (χ2n) is 9.21. The summed E-state index contributed by atoms with van der Waals surface area (Å²) in [5, 5.41) is 10.3. The Kier molecular flexibility index (Phi) is 4.48. The van der Waals surface area contributed by atoms with E-state index in [1.807, 2.05) is 48.2 Å². The summed E-state index contributed by atoms with van der Waals surface area (Å²) in [7, 11) is 0. The van der Waals surface area contributed by atoms with E-state index in [0.29, 0.717) is 18.7 Å². The minimum atomic E-state index is -0.924. The van der Waals surface area contributed by atoms with E-state index >= 15 is 0 Å². The summed E-state index contributed by atoms with van der Waals surface area (Å²) in [6.45, 7) is 6.74. The fourth-order valence-electron chi connectivity index (χ4n) is 5.06. The number of ether oxygens (including phenoxy) is 1. The topological polar surface area (TPSA) is 54.7 Å². The molecule has 2 aromatic carbocycles. The van der Waals surface area contributed by atoms with Crippen LogP contribution in [0.5, 0.6) is 5.75 Å². The predicted molar refractivity (Wildman–Crippen MR) is 122 cm³/mol. The van der Waals surface area contributed by atoms with Crippen LogP contribution in [0.2, 0.25) is 0 Å². The number of amides is 1. The van der Waals surface area contributed by atoms with Gasteiger partial charge in [0.2, 0.25) is 0 Å². The highest BCUT2D eigenvalue weighted by Crippen LogP contribution is 2.45. The average Bonchev–Trinajstić information content (AvgIpc) is 3.24. The molecule has 3 heterocycles. The fraction of sp³-hybridized carbons (Fsp3) is 0.346. The highest BCUT2D eigenvalue weighted by atomic mass is 16.5. The second kappa shape index (κ2) is 6.99. The number of aliphatic hydroxyl groups is 1. The number of para-hydroxylation sites is 2. The van der Waals surface area contributed by atoms with Crippen LogP contribution in [0.15, 0.2) is 60.8 Å². The molecule has 0 atom stereocenters. The first-order valence-electron chi connectivity index (χ1n) is 10.9. The smallest absolute Gasteiger partial charge is 0.253 e. The van der Waals surface area contributed by atoms with Crippen LogP contribution in [0, 0.1) is 6.92 Å². The minimum Gasteiger partial charge on any atom is -0.479 e. The van der Waals surface area contributed by atoms with Crippen molar-refractivity contribution in [3.05, 3.63) is 83.2 Å². The number of aryl methyl sites for hydroxylation is 1. The van der Waals surface area contributed by atoms with Crippen molar-refractivity contribution in [3.8, 4) is 11.4 Å². The molecule has 0 aliphatic carbocycles. The van der Waals surface area contributed by atoms with E-state index in [-0.39, 0.29) is 7.33 Å². The zero-order chi connectivity index (χ0) is 21.8. The maximum atomic E-state index is 13.2. The van der Waals surface area contributed by atoms with E-state index in [9.17, 15) is 9.90 Å². The van der Waals surface area contributed by atoms with E-state index in [4.69, 9.17) is 4.74 Å². The molecule has 2 aliphatic rings. The molecule has 2 aliphatic heterocycles. The lowest BCUT2D eigenvalue weighted by atomic mass is 9.86. The largest absolute Gasteiger partial charge is 0.479 e. The zero-order valence-corrected chi connectivity index (χ0v) is 18.3. The van der Waals surface area contributed by atoms with E-state index in [2.05, 4.69) is 29.0 Å². The van der Waals surface area contributed by atoms with Crippen LogP contribution in [0.25, 0.3) is 5.69 Å². The maximum Gasteiger partial charge on any atom is 0.253 e. The standard InChI is InChI=1S/C26H28N2O3.H2/c1-18-17-19(10-11-20(18)25(2,3)30)24(29)27-15-12-26(13-16-27)23-9-6-14-28(23)21-7-4-5-8-22(21)31-26;/h4-11,14,17,30H,12-13,15-16H2,1-3H3;1H. The molecule has 0 bridgehead atoms. The Hall–Kier alpha value is -3.05. The Morgan fingerprint density at radius 2 is 1.84 bits per heavy atom. The summed E-state index contributed by atoms with van der Waals surface area (Å²) >= 11 is 0. The first kappa shape index (κ1) is 19.9. The molecule has 31 heavy (non-hydrogen) atoms. The molecule has 5 nitrogen and oxygen atoms in total. The second-order valence-corrected chi connectivity index (χ2v) is 9.21. The summed E-state index contributed by atoms with van der Waals surface area (Å²) in [6.07, 6.45) is 3.58. The number of hydrogen-bond acceptors (Lipinski definition) is 3. The summed E-state index contributed by atoms with van der Waals surface area (Å²) in [5.74, 6) is 0.927. The number of benzene rings is 2. The highest BCUT2D eigenvalue weighted by Gasteiger charge is 2.44. The Morgan fingerprint density at radius 1 is 1.10 bits per heavy atom. The lowest BCUT2D eigenvalue weighted by Gasteiger charge is -2.45. The van der Waals surface area contributed by atoms with Crippen LogP contribution in [-0.4, -0.2) is 33.6 Å². The number of rotatable bonds is 2. The molecule has 1 fully saturated rings. The van der Waals surface area contributed by atoms with Gasteiger partial charge in [0.1, 0.15) is 5.75 Å². The number of fused-ring (bicyclic) bond motifs is 4. The first-order chi connectivity index (χ1) is 14.8. The van der Waals surface area contributed by atoms with Crippen LogP contribution >= 0.6 is 0 Å². The van der Waals surface area contributed by atoms with Crippen LogP contribution in [0.1, 0.15) is 55.3 Å². The molecule has 5 heteroatoms. The van der Waals surface area contributed by atoms with Gasteiger partial charge in [0.05, 0.1) is 17.0 Å². The Labute approximate surface area is 184 Å². The van der Waals surface area contributed by atoms with Crippen molar-refractivity contribution in [3.63, 3.8) is 0 Å². The third kappa shape index (κ3) is 3.24. The molecule has 1 saturated heterocycles. The monoisotopic (exact) mass is 418 g/mol. The van der Waals surface area contributed by atoms with Gasteiger partial charge in [-0.1, -0.05) is 18.2 Å². The number of nitrogens with zero attached hydrogens (tertiary/aromatic N) is 2. The molecular formula is C26H30N2O3. The van der Waals surface area contributed by atoms with Crippen LogP contribution in [0.3, 0.4) is 0 Å². The number of carbonyl (C=O) groups excluding carboxylic acids is 1. The summed E-state index contributed by atoms with van der Waals surface area (Å²) in [4.78, 5) is 15.1. The molecule has 1 spiro atoms. The quantitative estimate of drug-likeness (QED) is 0.651. The molecule has 5 rings (SSSR count). The summed E-state index contributed by atoms with van der Waals surface area (Å²) in [5.41, 5.74) is 3.33. The van der Waals surface area contributed by atoms with Crippen LogP contribution in [-0.2, 0) is 11.2 Å². The molecule has 0 radical (unpaired) electrons. The van der Waals surface area contributed by atoms with Gasteiger partial charge in [-0.25, -0.2) is 0 Å². The molecule has 1 N–H and O–H groups in total. The Balaban J connectivity index is 0.00000245. The van der Waals surface area contributed by atoms with Crippen LogP contribution < -0.4 is 4.74 Å². The van der Waals surface area contributed by atoms with E-state index in [1.54, 1.807) is 13.8 Å². The Morgan fingerprint density at radius 3 is 2.55 bits per heavy atom. The fourth-order valence-corrected chi connectivity index (χ4v) is 5.06. The lowest BCUT2D eigenvalue weighted by Crippen LogP contribution is -2.50. The molecule has 1 aromatic heterocycles. The maximum absolute atomic E-state index is 13.2. The predicted octanol–water partition coefficient (Wildman–Crippen LogP) is 4.78. The molecular weight excluding hydrogens is 388 g/mol. The van der Waals surface area contributed by atoms with Gasteiger partial charge in [-0.3, -0.25) is 4.79 Å². The van der Waals surface area contributed by atoms with Crippen molar-refractivity contribution in [2.75, 3.05) is 13.1 Å². The number of likely N-dealkylation sites (tertiary alicyclic amines) is 1. The molecule has 162 valence electrons. The minimum absolute atomic E-state index is 0. The average molecular weight is 419 g/mol. The number of aromatic nitrogens is 1. The van der Waals surface area contributed by atoms with Gasteiger partial charge in [0, 0.05) is 39.1 Å². The van der Waals surface area contributed by atoms with Crippen molar-refractivity contribution in [2.24, 2.45) is 0 Å². The van der Waals surface area contributed by atoms with Crippen molar-refractivity contribution < 1.29 is 16.1 Å². The zero-order valence-electron chi connectivity index (χ0n) is 18.3. The third-order valence-corrected chi connectivity index (χ3v) is 6.64. The van der Waals surface area contributed by atoms with E-state index in [0.717, 1.165) is 41.1 Å². The van der Waals surface area contributed by atoms with E-state index in [1.165, 1.54) is 0 Å². The van der Waals surface area contributed by atoms with Gasteiger partial charge < -0.3 is 19.3 Å².